The van der Waals surface area contributed by atoms with Gasteiger partial charge in [-0.1, -0.05) is 12.1 Å². The minimum Gasteiger partial charge on any atom is -0.389 e. The first-order chi connectivity index (χ1) is 16.9. The predicted octanol–water partition coefficient (Wildman–Crippen LogP) is 1.30. The molecule has 5 rings (SSSR count). The highest BCUT2D eigenvalue weighted by molar-refractivity contribution is 5.96. The van der Waals surface area contributed by atoms with E-state index < -0.39 is 12.0 Å². The van der Waals surface area contributed by atoms with Crippen LogP contribution in [0.2, 0.25) is 0 Å². The molecule has 1 aliphatic carbocycles. The summed E-state index contributed by atoms with van der Waals surface area (Å²) in [5.74, 6) is 0.433. The topological polar surface area (TPSA) is 151 Å². The quantitative estimate of drug-likeness (QED) is 0.398. The minimum atomic E-state index is -0.800. The first-order valence-electron chi connectivity index (χ1n) is 11.6. The molecular weight excluding hydrogens is 448 g/mol. The van der Waals surface area contributed by atoms with E-state index in [1.54, 1.807) is 24.1 Å². The number of primary amides is 1. The summed E-state index contributed by atoms with van der Waals surface area (Å²) in [7, 11) is 1.77. The van der Waals surface area contributed by atoms with Crippen molar-refractivity contribution in [1.29, 1.82) is 0 Å². The van der Waals surface area contributed by atoms with E-state index >= 15 is 0 Å². The summed E-state index contributed by atoms with van der Waals surface area (Å²) in [6.07, 6.45) is 6.94. The molecule has 1 aliphatic heterocycles. The molecule has 1 saturated carbocycles. The second-order valence-electron chi connectivity index (χ2n) is 9.10. The van der Waals surface area contributed by atoms with Gasteiger partial charge in [-0.15, -0.1) is 0 Å². The highest BCUT2D eigenvalue weighted by Gasteiger charge is 2.31. The Labute approximate surface area is 202 Å². The molecule has 11 nitrogen and oxygen atoms in total. The number of amides is 2. The minimum absolute atomic E-state index is 0.00741. The highest BCUT2D eigenvalue weighted by atomic mass is 16.3. The van der Waals surface area contributed by atoms with Crippen LogP contribution >= 0.6 is 0 Å². The van der Waals surface area contributed by atoms with Crippen molar-refractivity contribution >= 4 is 29.1 Å². The van der Waals surface area contributed by atoms with Crippen molar-refractivity contribution in [3.05, 3.63) is 59.7 Å². The van der Waals surface area contributed by atoms with Crippen molar-refractivity contribution in [2.75, 3.05) is 23.3 Å². The van der Waals surface area contributed by atoms with Crippen LogP contribution in [0.5, 0.6) is 0 Å². The largest absolute Gasteiger partial charge is 0.389 e. The van der Waals surface area contributed by atoms with Crippen LogP contribution in [0.15, 0.2) is 42.9 Å². The molecule has 0 unspecified atom stereocenters. The average molecular weight is 477 g/mol. The van der Waals surface area contributed by atoms with E-state index in [2.05, 4.69) is 25.7 Å². The van der Waals surface area contributed by atoms with Gasteiger partial charge in [0.25, 0.3) is 11.8 Å². The zero-order valence-corrected chi connectivity index (χ0v) is 19.4. The van der Waals surface area contributed by atoms with Crippen LogP contribution in [0, 0.1) is 0 Å². The number of anilines is 3. The van der Waals surface area contributed by atoms with Crippen molar-refractivity contribution in [2.45, 2.75) is 37.3 Å². The number of nitrogens with zero attached hydrogens (tertiary/aromatic N) is 5. The molecule has 11 heteroatoms. The molecule has 3 heterocycles. The fraction of sp³-hybridized carbons (Fsp3) is 0.375. The molecule has 0 spiro atoms. The Bertz CT molecular complexity index is 1240. The van der Waals surface area contributed by atoms with E-state index in [-0.39, 0.29) is 30.0 Å². The third kappa shape index (κ3) is 5.09. The summed E-state index contributed by atoms with van der Waals surface area (Å²) >= 11 is 0. The second-order valence-corrected chi connectivity index (χ2v) is 9.10. The van der Waals surface area contributed by atoms with E-state index in [9.17, 15) is 14.7 Å². The summed E-state index contributed by atoms with van der Waals surface area (Å²) in [6, 6.07) is 7.33. The van der Waals surface area contributed by atoms with Gasteiger partial charge in [0.05, 0.1) is 30.2 Å². The maximum atomic E-state index is 12.7. The van der Waals surface area contributed by atoms with Gasteiger partial charge in [0.1, 0.15) is 5.82 Å². The smallest absolute Gasteiger partial charge is 0.271 e. The molecule has 2 aliphatic rings. The molecule has 2 amide bonds. The number of rotatable bonds is 7. The van der Waals surface area contributed by atoms with E-state index in [1.165, 1.54) is 24.6 Å². The fourth-order valence-electron chi connectivity index (χ4n) is 4.31. The van der Waals surface area contributed by atoms with Gasteiger partial charge < -0.3 is 26.4 Å². The van der Waals surface area contributed by atoms with Gasteiger partial charge >= 0.3 is 0 Å². The lowest BCUT2D eigenvalue weighted by molar-refractivity contribution is 0.0797. The number of aliphatic hydroxyl groups is 1. The SMILES string of the molecule is Cn1cc(Nc2nc(N3CC[C@H](NC(=O)c4ccc(C5CC5)cc4)[C@@H](O)C3)cnc2C(N)=O)cn1. The zero-order valence-electron chi connectivity index (χ0n) is 19.4. The summed E-state index contributed by atoms with van der Waals surface area (Å²) < 4.78 is 1.61. The summed E-state index contributed by atoms with van der Waals surface area (Å²) in [5, 5.41) is 20.8. The number of benzene rings is 1. The molecular formula is C24H28N8O3. The molecule has 1 saturated heterocycles. The van der Waals surface area contributed by atoms with Crippen LogP contribution < -0.4 is 21.3 Å². The maximum Gasteiger partial charge on any atom is 0.271 e. The number of aliphatic hydroxyl groups excluding tert-OH is 1. The van der Waals surface area contributed by atoms with Crippen molar-refractivity contribution in [2.24, 2.45) is 12.8 Å². The second kappa shape index (κ2) is 9.34. The van der Waals surface area contributed by atoms with E-state index in [1.807, 2.05) is 29.2 Å². The molecule has 2 atom stereocenters. The highest BCUT2D eigenvalue weighted by Crippen LogP contribution is 2.39. The Balaban J connectivity index is 1.24. The van der Waals surface area contributed by atoms with E-state index in [0.29, 0.717) is 36.0 Å². The Hall–Kier alpha value is -3.99. The molecule has 2 aromatic heterocycles. The number of carbonyl (C=O) groups is 2. The third-order valence-electron chi connectivity index (χ3n) is 6.40. The zero-order chi connectivity index (χ0) is 24.5. The molecule has 5 N–H and O–H groups in total. The van der Waals surface area contributed by atoms with Crippen LogP contribution in [0.25, 0.3) is 0 Å². The summed E-state index contributed by atoms with van der Waals surface area (Å²) in [6.45, 7) is 0.794. The van der Waals surface area contributed by atoms with Crippen molar-refractivity contribution in [3.63, 3.8) is 0 Å². The lowest BCUT2D eigenvalue weighted by Crippen LogP contribution is -2.54. The van der Waals surface area contributed by atoms with E-state index in [4.69, 9.17) is 5.73 Å². The van der Waals surface area contributed by atoms with Crippen molar-refractivity contribution in [3.8, 4) is 0 Å². The molecule has 0 radical (unpaired) electrons. The number of nitrogens with one attached hydrogen (secondary N) is 2. The normalized spacial score (nSPS) is 19.9. The first-order valence-corrected chi connectivity index (χ1v) is 11.6. The van der Waals surface area contributed by atoms with Gasteiger partial charge in [-0.25, -0.2) is 9.97 Å². The number of β-amino-alcohol motifs (C(OH)–C–C–N with tert-alkyl or cyclic N) is 1. The molecule has 0 bridgehead atoms. The number of piperidine rings is 1. The summed E-state index contributed by atoms with van der Waals surface area (Å²) in [5.41, 5.74) is 7.97. The van der Waals surface area contributed by atoms with Gasteiger partial charge in [0.15, 0.2) is 11.5 Å². The standard InChI is InChI=1S/C24H28N8O3/c1-31-12-17(10-27-31)28-23-21(22(25)34)26-11-20(30-23)32-9-8-18(19(33)13-32)29-24(35)16-6-4-15(5-7-16)14-2-3-14/h4-7,10-12,14,18-19,33H,2-3,8-9,13H2,1H3,(H2,25,34)(H,28,30)(H,29,35)/t18-,19-/m0/s1. The monoisotopic (exact) mass is 476 g/mol. The van der Waals surface area contributed by atoms with Crippen LogP contribution in [0.1, 0.15) is 51.6 Å². The molecule has 1 aromatic carbocycles. The van der Waals surface area contributed by atoms with Crippen molar-refractivity contribution < 1.29 is 14.7 Å². The predicted molar refractivity (Wildman–Crippen MR) is 130 cm³/mol. The molecule has 2 fully saturated rings. The fourth-order valence-corrected chi connectivity index (χ4v) is 4.31. The average Bonchev–Trinajstić information content (AvgIpc) is 3.62. The Morgan fingerprint density at radius 1 is 1.14 bits per heavy atom. The van der Waals surface area contributed by atoms with Crippen LogP contribution in [-0.4, -0.2) is 61.9 Å². The number of nitrogens with two attached hydrogens (primary N) is 1. The lowest BCUT2D eigenvalue weighted by Gasteiger charge is -2.36. The Kier molecular flexibility index (Phi) is 6.08. The summed E-state index contributed by atoms with van der Waals surface area (Å²) in [4.78, 5) is 35.1. The van der Waals surface area contributed by atoms with Gasteiger partial charge in [-0.05, 0) is 42.9 Å². The lowest BCUT2D eigenvalue weighted by atomic mass is 10.0. The Morgan fingerprint density at radius 2 is 1.91 bits per heavy atom. The number of aryl methyl sites for hydroxylation is 1. The maximum absolute atomic E-state index is 12.7. The van der Waals surface area contributed by atoms with Crippen LogP contribution in [0.4, 0.5) is 17.3 Å². The van der Waals surface area contributed by atoms with Gasteiger partial charge in [0, 0.05) is 31.9 Å². The number of aromatic nitrogens is 4. The first kappa shape index (κ1) is 22.8. The number of hydrogen-bond donors (Lipinski definition) is 4. The van der Waals surface area contributed by atoms with Crippen LogP contribution in [0.3, 0.4) is 0 Å². The van der Waals surface area contributed by atoms with Crippen molar-refractivity contribution in [1.82, 2.24) is 25.1 Å². The van der Waals surface area contributed by atoms with E-state index in [0.717, 1.165) is 0 Å². The molecule has 35 heavy (non-hydrogen) atoms. The van der Waals surface area contributed by atoms with Gasteiger partial charge in [0.2, 0.25) is 0 Å². The van der Waals surface area contributed by atoms with Gasteiger partial charge in [-0.2, -0.15) is 5.10 Å². The van der Waals surface area contributed by atoms with Crippen LogP contribution in [-0.2, 0) is 7.05 Å². The molecule has 3 aromatic rings. The number of hydrogen-bond acceptors (Lipinski definition) is 8. The Morgan fingerprint density at radius 3 is 2.54 bits per heavy atom. The number of carbonyl (C=O) groups excluding carboxylic acids is 2. The third-order valence-corrected chi connectivity index (χ3v) is 6.40. The van der Waals surface area contributed by atoms with Gasteiger partial charge in [-0.3, -0.25) is 14.3 Å². The molecule has 182 valence electrons.